The van der Waals surface area contributed by atoms with Gasteiger partial charge < -0.3 is 9.47 Å². The van der Waals surface area contributed by atoms with E-state index in [2.05, 4.69) is 5.92 Å². The molecule has 0 saturated heterocycles. The molecule has 78 valence electrons. The van der Waals surface area contributed by atoms with Crippen molar-refractivity contribution in [3.8, 4) is 23.8 Å². The Bertz CT molecular complexity index is 407. The molecular formula is C11H9ClO3. The molecule has 15 heavy (non-hydrogen) atoms. The Morgan fingerprint density at radius 2 is 2.33 bits per heavy atom. The highest BCUT2D eigenvalue weighted by Gasteiger charge is 2.10. The van der Waals surface area contributed by atoms with Crippen LogP contribution in [0.3, 0.4) is 0 Å². The van der Waals surface area contributed by atoms with Gasteiger partial charge in [-0.3, -0.25) is 4.79 Å². The quantitative estimate of drug-likeness (QED) is 0.581. The Morgan fingerprint density at radius 1 is 1.60 bits per heavy atom. The fourth-order valence-electron chi connectivity index (χ4n) is 1.06. The average molecular weight is 225 g/mol. The summed E-state index contributed by atoms with van der Waals surface area (Å²) in [6.07, 6.45) is 5.68. The molecule has 0 aliphatic heterocycles. The van der Waals surface area contributed by atoms with Crippen molar-refractivity contribution in [1.29, 1.82) is 0 Å². The van der Waals surface area contributed by atoms with E-state index in [0.717, 1.165) is 0 Å². The van der Waals surface area contributed by atoms with E-state index < -0.39 is 0 Å². The van der Waals surface area contributed by atoms with Crippen molar-refractivity contribution in [2.24, 2.45) is 0 Å². The van der Waals surface area contributed by atoms with Crippen LogP contribution >= 0.6 is 11.6 Å². The second-order valence-corrected chi connectivity index (χ2v) is 3.05. The Hall–Kier alpha value is -1.66. The van der Waals surface area contributed by atoms with Gasteiger partial charge in [-0.1, -0.05) is 17.5 Å². The number of carbonyl (C=O) groups is 1. The number of carbonyl (C=O) groups excluding carboxylic acids is 1. The molecule has 1 aromatic rings. The minimum atomic E-state index is 0.0624. The second kappa shape index (κ2) is 5.28. The maximum absolute atomic E-state index is 10.8. The zero-order valence-corrected chi connectivity index (χ0v) is 8.88. The summed E-state index contributed by atoms with van der Waals surface area (Å²) in [4.78, 5) is 10.8. The molecule has 0 heterocycles. The van der Waals surface area contributed by atoms with E-state index >= 15 is 0 Å². The van der Waals surface area contributed by atoms with Gasteiger partial charge in [-0.15, -0.1) is 6.42 Å². The molecule has 0 amide bonds. The summed E-state index contributed by atoms with van der Waals surface area (Å²) in [5.74, 6) is 3.07. The van der Waals surface area contributed by atoms with Crippen LogP contribution in [0.1, 0.15) is 10.4 Å². The van der Waals surface area contributed by atoms with Crippen LogP contribution in [0, 0.1) is 12.3 Å². The first-order valence-electron chi connectivity index (χ1n) is 4.12. The molecule has 0 N–H and O–H groups in total. The number of halogens is 1. The van der Waals surface area contributed by atoms with E-state index in [-0.39, 0.29) is 12.4 Å². The molecule has 0 unspecified atom stereocenters. The Morgan fingerprint density at radius 3 is 2.87 bits per heavy atom. The van der Waals surface area contributed by atoms with E-state index in [4.69, 9.17) is 27.5 Å². The summed E-state index contributed by atoms with van der Waals surface area (Å²) in [6.45, 7) is 0.0624. The standard InChI is InChI=1S/C11H9ClO3/c1-3-4-15-11-8(7-13)5-9(14-2)6-10(11)12/h1,5-7H,4H2,2H3. The predicted octanol–water partition coefficient (Wildman–Crippen LogP) is 2.17. The second-order valence-electron chi connectivity index (χ2n) is 2.64. The van der Waals surface area contributed by atoms with E-state index in [1.54, 1.807) is 6.07 Å². The van der Waals surface area contributed by atoms with Crippen molar-refractivity contribution < 1.29 is 14.3 Å². The van der Waals surface area contributed by atoms with Crippen molar-refractivity contribution in [1.82, 2.24) is 0 Å². The molecule has 0 bridgehead atoms. The summed E-state index contributed by atoms with van der Waals surface area (Å²) in [7, 11) is 1.49. The topological polar surface area (TPSA) is 35.5 Å². The molecule has 4 heteroatoms. The first-order valence-corrected chi connectivity index (χ1v) is 4.49. The van der Waals surface area contributed by atoms with Crippen LogP contribution in [0.15, 0.2) is 12.1 Å². The summed E-state index contributed by atoms with van der Waals surface area (Å²) in [6, 6.07) is 3.09. The van der Waals surface area contributed by atoms with E-state index in [0.29, 0.717) is 22.6 Å². The molecule has 0 aliphatic carbocycles. The van der Waals surface area contributed by atoms with Crippen LogP contribution in [-0.4, -0.2) is 20.0 Å². The van der Waals surface area contributed by atoms with Gasteiger partial charge in [0.15, 0.2) is 6.29 Å². The molecule has 1 rings (SSSR count). The number of ether oxygens (including phenoxy) is 2. The van der Waals surface area contributed by atoms with Crippen LogP contribution < -0.4 is 9.47 Å². The van der Waals surface area contributed by atoms with Crippen LogP contribution in [0.25, 0.3) is 0 Å². The maximum atomic E-state index is 10.8. The number of terminal acetylenes is 1. The van der Waals surface area contributed by atoms with E-state index in [1.165, 1.54) is 13.2 Å². The third-order valence-electron chi connectivity index (χ3n) is 1.71. The number of hydrogen-bond donors (Lipinski definition) is 0. The lowest BCUT2D eigenvalue weighted by atomic mass is 10.2. The summed E-state index contributed by atoms with van der Waals surface area (Å²) >= 11 is 5.90. The van der Waals surface area contributed by atoms with E-state index in [1.807, 2.05) is 0 Å². The van der Waals surface area contributed by atoms with Gasteiger partial charge in [0.25, 0.3) is 0 Å². The zero-order valence-electron chi connectivity index (χ0n) is 8.12. The molecule has 1 aromatic carbocycles. The van der Waals surface area contributed by atoms with Gasteiger partial charge in [0.2, 0.25) is 0 Å². The fourth-order valence-corrected chi connectivity index (χ4v) is 1.33. The lowest BCUT2D eigenvalue weighted by Crippen LogP contribution is -1.99. The van der Waals surface area contributed by atoms with Crippen molar-refractivity contribution in [2.75, 3.05) is 13.7 Å². The SMILES string of the molecule is C#CCOc1c(Cl)cc(OC)cc1C=O. The van der Waals surface area contributed by atoms with Gasteiger partial charge in [-0.25, -0.2) is 0 Å². The highest BCUT2D eigenvalue weighted by atomic mass is 35.5. The number of benzene rings is 1. The molecular weight excluding hydrogens is 216 g/mol. The smallest absolute Gasteiger partial charge is 0.153 e. The highest BCUT2D eigenvalue weighted by molar-refractivity contribution is 6.32. The zero-order chi connectivity index (χ0) is 11.3. The Labute approximate surface area is 92.9 Å². The molecule has 0 saturated carbocycles. The Kier molecular flexibility index (Phi) is 4.02. The molecule has 0 aromatic heterocycles. The molecule has 3 nitrogen and oxygen atoms in total. The molecule has 0 spiro atoms. The highest BCUT2D eigenvalue weighted by Crippen LogP contribution is 2.32. The normalized spacial score (nSPS) is 9.13. The van der Waals surface area contributed by atoms with Gasteiger partial charge in [0, 0.05) is 6.07 Å². The number of hydrogen-bond acceptors (Lipinski definition) is 3. The predicted molar refractivity (Wildman–Crippen MR) is 57.7 cm³/mol. The summed E-state index contributed by atoms with van der Waals surface area (Å²) in [5, 5.41) is 0.298. The van der Waals surface area contributed by atoms with Gasteiger partial charge in [0.1, 0.15) is 18.1 Å². The first-order chi connectivity index (χ1) is 7.22. The minimum Gasteiger partial charge on any atom is -0.497 e. The lowest BCUT2D eigenvalue weighted by molar-refractivity contribution is 0.112. The van der Waals surface area contributed by atoms with Crippen molar-refractivity contribution in [3.63, 3.8) is 0 Å². The number of methoxy groups -OCH3 is 1. The monoisotopic (exact) mass is 224 g/mol. The first kappa shape index (κ1) is 11.4. The van der Waals surface area contributed by atoms with Crippen molar-refractivity contribution in [3.05, 3.63) is 22.7 Å². The van der Waals surface area contributed by atoms with Crippen molar-refractivity contribution in [2.45, 2.75) is 0 Å². The number of aldehydes is 1. The fraction of sp³-hybridized carbons (Fsp3) is 0.182. The lowest BCUT2D eigenvalue weighted by Gasteiger charge is -2.09. The summed E-state index contributed by atoms with van der Waals surface area (Å²) in [5.41, 5.74) is 0.314. The van der Waals surface area contributed by atoms with Gasteiger partial charge >= 0.3 is 0 Å². The van der Waals surface area contributed by atoms with Crippen LogP contribution in [0.5, 0.6) is 11.5 Å². The molecule has 0 fully saturated rings. The van der Waals surface area contributed by atoms with Gasteiger partial charge in [-0.05, 0) is 6.07 Å². The molecule has 0 atom stereocenters. The van der Waals surface area contributed by atoms with Gasteiger partial charge in [0.05, 0.1) is 17.7 Å². The maximum Gasteiger partial charge on any atom is 0.153 e. The third-order valence-corrected chi connectivity index (χ3v) is 1.99. The minimum absolute atomic E-state index is 0.0624. The molecule has 0 aliphatic rings. The largest absolute Gasteiger partial charge is 0.497 e. The van der Waals surface area contributed by atoms with Gasteiger partial charge in [-0.2, -0.15) is 0 Å². The third kappa shape index (κ3) is 2.64. The molecule has 0 radical (unpaired) electrons. The van der Waals surface area contributed by atoms with E-state index in [9.17, 15) is 4.79 Å². The average Bonchev–Trinajstić information content (AvgIpc) is 2.26. The van der Waals surface area contributed by atoms with Crippen molar-refractivity contribution >= 4 is 17.9 Å². The number of rotatable bonds is 4. The van der Waals surface area contributed by atoms with Crippen LogP contribution in [0.4, 0.5) is 0 Å². The summed E-state index contributed by atoms with van der Waals surface area (Å²) < 4.78 is 10.1. The van der Waals surface area contributed by atoms with Crippen LogP contribution in [-0.2, 0) is 0 Å². The Balaban J connectivity index is 3.13. The van der Waals surface area contributed by atoms with Crippen LogP contribution in [0.2, 0.25) is 5.02 Å².